The molecule has 0 atom stereocenters. The van der Waals surface area contributed by atoms with E-state index in [0.717, 1.165) is 0 Å². The van der Waals surface area contributed by atoms with Crippen LogP contribution in [0.25, 0.3) is 16.4 Å². The normalized spacial score (nSPS) is 11.1. The lowest BCUT2D eigenvalue weighted by Crippen LogP contribution is -1.94. The van der Waals surface area contributed by atoms with E-state index in [4.69, 9.17) is 11.6 Å². The van der Waals surface area contributed by atoms with Gasteiger partial charge in [0, 0.05) is 22.9 Å². The Hall–Kier alpha value is -2.28. The van der Waals surface area contributed by atoms with Crippen molar-refractivity contribution >= 4 is 33.7 Å². The van der Waals surface area contributed by atoms with E-state index in [0.29, 0.717) is 16.4 Å². The number of halogens is 1. The molecule has 7 nitrogen and oxygen atoms in total. The summed E-state index contributed by atoms with van der Waals surface area (Å²) in [5.41, 5.74) is 0.476. The van der Waals surface area contributed by atoms with Gasteiger partial charge in [-0.15, -0.1) is 10.2 Å². The van der Waals surface area contributed by atoms with Gasteiger partial charge in [0.15, 0.2) is 10.8 Å². The number of aromatic nitrogens is 4. The zero-order chi connectivity index (χ0) is 12.0. The molecule has 0 unspecified atom stereocenters. The predicted octanol–water partition coefficient (Wildman–Crippen LogP) is 1.84. The number of rotatable bonds is 1. The van der Waals surface area contributed by atoms with Gasteiger partial charge in [0.25, 0.3) is 5.69 Å². The van der Waals surface area contributed by atoms with Crippen LogP contribution in [-0.4, -0.2) is 24.7 Å². The van der Waals surface area contributed by atoms with E-state index in [1.165, 1.54) is 23.0 Å². The number of hydrogen-bond donors (Lipinski definition) is 0. The van der Waals surface area contributed by atoms with E-state index in [2.05, 4.69) is 15.3 Å². The van der Waals surface area contributed by atoms with Crippen LogP contribution in [0.2, 0.25) is 5.15 Å². The second-order valence-electron chi connectivity index (χ2n) is 3.38. The Labute approximate surface area is 98.8 Å². The van der Waals surface area contributed by atoms with E-state index in [-0.39, 0.29) is 10.8 Å². The molecule has 0 spiro atoms. The van der Waals surface area contributed by atoms with E-state index in [1.54, 1.807) is 6.07 Å². The molecule has 1 aromatic carbocycles. The second-order valence-corrected chi connectivity index (χ2v) is 3.73. The van der Waals surface area contributed by atoms with Crippen LogP contribution >= 0.6 is 11.6 Å². The smallest absolute Gasteiger partial charge is 0.258 e. The molecule has 0 aliphatic rings. The summed E-state index contributed by atoms with van der Waals surface area (Å²) in [5.74, 6) is 0. The molecule has 2 heterocycles. The first-order valence-corrected chi connectivity index (χ1v) is 4.98. The highest BCUT2D eigenvalue weighted by Gasteiger charge is 2.13. The van der Waals surface area contributed by atoms with Crippen LogP contribution < -0.4 is 0 Å². The Morgan fingerprint density at radius 3 is 2.94 bits per heavy atom. The molecule has 0 saturated carbocycles. The van der Waals surface area contributed by atoms with Gasteiger partial charge in [-0.2, -0.15) is 9.61 Å². The molecule has 0 bridgehead atoms. The summed E-state index contributed by atoms with van der Waals surface area (Å²) >= 11 is 5.96. The molecule has 0 aliphatic carbocycles. The Kier molecular flexibility index (Phi) is 1.96. The highest BCUT2D eigenvalue weighted by Crippen LogP contribution is 2.27. The first-order valence-electron chi connectivity index (χ1n) is 4.60. The molecule has 84 valence electrons. The standard InChI is InChI=1S/C9H4ClN5O2/c10-8-7-3-5(15(16)17)1-2-6(7)9-12-11-4-14(9)13-8/h1-4H. The Balaban J connectivity index is 2.47. The predicted molar refractivity (Wildman–Crippen MR) is 60.0 cm³/mol. The second kappa shape index (κ2) is 3.36. The Morgan fingerprint density at radius 1 is 1.35 bits per heavy atom. The van der Waals surface area contributed by atoms with E-state index in [1.807, 2.05) is 0 Å². The maximum absolute atomic E-state index is 10.7. The maximum atomic E-state index is 10.7. The molecule has 17 heavy (non-hydrogen) atoms. The first-order chi connectivity index (χ1) is 8.16. The molecule has 0 aliphatic heterocycles. The molecule has 2 aromatic heterocycles. The lowest BCUT2D eigenvalue weighted by Gasteiger charge is -2.01. The van der Waals surface area contributed by atoms with Crippen LogP contribution in [0.1, 0.15) is 0 Å². The minimum absolute atomic E-state index is 0.0370. The molecule has 0 amide bonds. The lowest BCUT2D eigenvalue weighted by molar-refractivity contribution is -0.384. The maximum Gasteiger partial charge on any atom is 0.270 e. The first kappa shape index (κ1) is 9.91. The van der Waals surface area contributed by atoms with Crippen molar-refractivity contribution in [1.82, 2.24) is 19.8 Å². The van der Waals surface area contributed by atoms with Crippen LogP contribution in [-0.2, 0) is 0 Å². The highest BCUT2D eigenvalue weighted by atomic mass is 35.5. The number of nitro groups is 1. The largest absolute Gasteiger partial charge is 0.270 e. The Bertz CT molecular complexity index is 754. The minimum Gasteiger partial charge on any atom is -0.258 e. The van der Waals surface area contributed by atoms with Crippen molar-refractivity contribution in [2.75, 3.05) is 0 Å². The fourth-order valence-electron chi connectivity index (χ4n) is 1.64. The molecule has 8 heteroatoms. The average Bonchev–Trinajstić information content (AvgIpc) is 2.76. The number of fused-ring (bicyclic) bond motifs is 3. The molecule has 3 aromatic rings. The number of nitrogens with zero attached hydrogens (tertiary/aromatic N) is 5. The fraction of sp³-hybridized carbons (Fsp3) is 0. The number of benzene rings is 1. The van der Waals surface area contributed by atoms with Crippen LogP contribution in [0.4, 0.5) is 5.69 Å². The zero-order valence-electron chi connectivity index (χ0n) is 8.24. The van der Waals surface area contributed by atoms with Gasteiger partial charge in [-0.3, -0.25) is 10.1 Å². The zero-order valence-corrected chi connectivity index (χ0v) is 9.00. The van der Waals surface area contributed by atoms with Crippen molar-refractivity contribution in [3.05, 3.63) is 39.8 Å². The highest BCUT2D eigenvalue weighted by molar-refractivity contribution is 6.34. The molecule has 0 saturated heterocycles. The third kappa shape index (κ3) is 1.40. The van der Waals surface area contributed by atoms with Crippen molar-refractivity contribution < 1.29 is 4.92 Å². The summed E-state index contributed by atoms with van der Waals surface area (Å²) in [7, 11) is 0. The monoisotopic (exact) mass is 249 g/mol. The summed E-state index contributed by atoms with van der Waals surface area (Å²) in [6, 6.07) is 4.36. The molecule has 3 rings (SSSR count). The van der Waals surface area contributed by atoms with Crippen LogP contribution in [0.15, 0.2) is 24.5 Å². The number of hydrogen-bond acceptors (Lipinski definition) is 5. The summed E-state index contributed by atoms with van der Waals surface area (Å²) in [4.78, 5) is 10.2. The van der Waals surface area contributed by atoms with Crippen molar-refractivity contribution in [1.29, 1.82) is 0 Å². The van der Waals surface area contributed by atoms with E-state index < -0.39 is 4.92 Å². The van der Waals surface area contributed by atoms with Gasteiger partial charge in [-0.1, -0.05) is 11.6 Å². The van der Waals surface area contributed by atoms with Gasteiger partial charge in [-0.25, -0.2) is 0 Å². The number of non-ortho nitro benzene ring substituents is 1. The van der Waals surface area contributed by atoms with Gasteiger partial charge in [0.05, 0.1) is 4.92 Å². The van der Waals surface area contributed by atoms with Crippen molar-refractivity contribution in [2.24, 2.45) is 0 Å². The quantitative estimate of drug-likeness (QED) is 0.485. The Morgan fingerprint density at radius 2 is 2.18 bits per heavy atom. The third-order valence-electron chi connectivity index (χ3n) is 2.40. The van der Waals surface area contributed by atoms with Crippen LogP contribution in [0, 0.1) is 10.1 Å². The minimum atomic E-state index is -0.482. The van der Waals surface area contributed by atoms with Gasteiger partial charge >= 0.3 is 0 Å². The molecule has 0 N–H and O–H groups in total. The van der Waals surface area contributed by atoms with Gasteiger partial charge in [-0.05, 0) is 6.07 Å². The third-order valence-corrected chi connectivity index (χ3v) is 2.68. The van der Waals surface area contributed by atoms with Crippen LogP contribution in [0.5, 0.6) is 0 Å². The summed E-state index contributed by atoms with van der Waals surface area (Å²) in [6.45, 7) is 0. The average molecular weight is 250 g/mol. The van der Waals surface area contributed by atoms with Gasteiger partial charge in [0.2, 0.25) is 0 Å². The summed E-state index contributed by atoms with van der Waals surface area (Å²) < 4.78 is 1.43. The van der Waals surface area contributed by atoms with Crippen molar-refractivity contribution in [2.45, 2.75) is 0 Å². The van der Waals surface area contributed by atoms with E-state index in [9.17, 15) is 10.1 Å². The lowest BCUT2D eigenvalue weighted by atomic mass is 10.2. The number of nitro benzene ring substituents is 1. The molecule has 0 fully saturated rings. The molecular formula is C9H4ClN5O2. The van der Waals surface area contributed by atoms with Crippen LogP contribution in [0.3, 0.4) is 0 Å². The SMILES string of the molecule is O=[N+]([O-])c1ccc2c(c1)c(Cl)nn1cnnc21. The fourth-order valence-corrected chi connectivity index (χ4v) is 1.88. The summed E-state index contributed by atoms with van der Waals surface area (Å²) in [5, 5.41) is 23.6. The van der Waals surface area contributed by atoms with Crippen molar-refractivity contribution in [3.63, 3.8) is 0 Å². The summed E-state index contributed by atoms with van der Waals surface area (Å²) in [6.07, 6.45) is 1.42. The molecule has 0 radical (unpaired) electrons. The van der Waals surface area contributed by atoms with Crippen molar-refractivity contribution in [3.8, 4) is 0 Å². The van der Waals surface area contributed by atoms with E-state index >= 15 is 0 Å². The van der Waals surface area contributed by atoms with Gasteiger partial charge in [0.1, 0.15) is 6.33 Å². The molecular weight excluding hydrogens is 246 g/mol. The topological polar surface area (TPSA) is 86.2 Å². The van der Waals surface area contributed by atoms with Gasteiger partial charge < -0.3 is 0 Å².